The normalized spacial score (nSPS) is 10.3. The molecule has 17 heavy (non-hydrogen) atoms. The molecule has 0 aliphatic rings. The minimum Gasteiger partial charge on any atom is -0.381 e. The first-order chi connectivity index (χ1) is 8.16. The highest BCUT2D eigenvalue weighted by molar-refractivity contribution is 6.35. The highest BCUT2D eigenvalue weighted by Crippen LogP contribution is 2.22. The van der Waals surface area contributed by atoms with Crippen LogP contribution in [-0.4, -0.2) is 0 Å². The summed E-state index contributed by atoms with van der Waals surface area (Å²) < 4.78 is 0. The minimum absolute atomic E-state index is 0.649. The molecule has 0 aliphatic carbocycles. The van der Waals surface area contributed by atoms with Crippen LogP contribution in [0.5, 0.6) is 0 Å². The fraction of sp³-hybridized carbons (Fsp3) is 0.0714. The number of benzene rings is 2. The van der Waals surface area contributed by atoms with Crippen molar-refractivity contribution < 1.29 is 0 Å². The molecule has 0 fully saturated rings. The lowest BCUT2D eigenvalue weighted by atomic mass is 10.2. The number of rotatable bonds is 3. The summed E-state index contributed by atoms with van der Waals surface area (Å²) in [5.41, 5.74) is 3.00. The molecular weight excluding hydrogens is 253 g/mol. The van der Waals surface area contributed by atoms with Crippen LogP contribution in [0.15, 0.2) is 42.5 Å². The summed E-state index contributed by atoms with van der Waals surface area (Å²) in [6.45, 7) is 4.61. The van der Waals surface area contributed by atoms with Gasteiger partial charge in [-0.15, -0.1) is 0 Å². The molecule has 3 heteroatoms. The fourth-order valence-electron chi connectivity index (χ4n) is 1.55. The van der Waals surface area contributed by atoms with Gasteiger partial charge in [0.2, 0.25) is 0 Å². The molecular formula is C14H12Cl2N. The van der Waals surface area contributed by atoms with Crippen molar-refractivity contribution in [3.05, 3.63) is 70.6 Å². The zero-order valence-corrected chi connectivity index (χ0v) is 10.7. The molecule has 87 valence electrons. The van der Waals surface area contributed by atoms with E-state index in [1.165, 1.54) is 0 Å². The molecule has 0 unspecified atom stereocenters. The van der Waals surface area contributed by atoms with Gasteiger partial charge in [0.1, 0.15) is 0 Å². The molecule has 1 N–H and O–H groups in total. The Hall–Kier alpha value is -1.18. The van der Waals surface area contributed by atoms with E-state index in [4.69, 9.17) is 23.2 Å². The number of halogens is 2. The van der Waals surface area contributed by atoms with E-state index in [2.05, 4.69) is 12.2 Å². The number of anilines is 1. The monoisotopic (exact) mass is 264 g/mol. The SMILES string of the molecule is [CH2]c1ccccc1NCc1ccc(Cl)cc1Cl. The van der Waals surface area contributed by atoms with E-state index >= 15 is 0 Å². The Labute approximate surface area is 111 Å². The highest BCUT2D eigenvalue weighted by Gasteiger charge is 2.02. The van der Waals surface area contributed by atoms with Crippen LogP contribution in [0.1, 0.15) is 11.1 Å². The third-order valence-electron chi connectivity index (χ3n) is 2.50. The van der Waals surface area contributed by atoms with Gasteiger partial charge < -0.3 is 5.32 Å². The average molecular weight is 265 g/mol. The van der Waals surface area contributed by atoms with Crippen molar-refractivity contribution in [2.45, 2.75) is 6.54 Å². The predicted molar refractivity (Wildman–Crippen MR) is 74.7 cm³/mol. The van der Waals surface area contributed by atoms with Crippen LogP contribution in [0.25, 0.3) is 0 Å². The third kappa shape index (κ3) is 3.15. The molecule has 0 heterocycles. The quantitative estimate of drug-likeness (QED) is 0.841. The average Bonchev–Trinajstić information content (AvgIpc) is 2.30. The number of hydrogen-bond acceptors (Lipinski definition) is 1. The number of nitrogens with one attached hydrogen (secondary N) is 1. The molecule has 0 atom stereocenters. The summed E-state index contributed by atoms with van der Waals surface area (Å²) in [6, 6.07) is 13.4. The van der Waals surface area contributed by atoms with Gasteiger partial charge in [-0.2, -0.15) is 0 Å². The van der Waals surface area contributed by atoms with E-state index in [1.807, 2.05) is 36.4 Å². The molecule has 0 saturated heterocycles. The van der Waals surface area contributed by atoms with Crippen molar-refractivity contribution in [3.63, 3.8) is 0 Å². The minimum atomic E-state index is 0.649. The van der Waals surface area contributed by atoms with E-state index in [0.717, 1.165) is 16.8 Å². The van der Waals surface area contributed by atoms with Gasteiger partial charge in [0.15, 0.2) is 0 Å². The van der Waals surface area contributed by atoms with Crippen molar-refractivity contribution in [1.82, 2.24) is 0 Å². The second-order valence-corrected chi connectivity index (χ2v) is 4.59. The summed E-state index contributed by atoms with van der Waals surface area (Å²) in [5, 5.41) is 4.62. The van der Waals surface area contributed by atoms with Crippen LogP contribution in [0.2, 0.25) is 10.0 Å². The molecule has 1 nitrogen and oxygen atoms in total. The summed E-state index contributed by atoms with van der Waals surface area (Å²) in [6.07, 6.45) is 0. The van der Waals surface area contributed by atoms with Crippen LogP contribution in [0.3, 0.4) is 0 Å². The van der Waals surface area contributed by atoms with Gasteiger partial charge in [0.05, 0.1) is 0 Å². The molecule has 0 aromatic heterocycles. The molecule has 0 saturated carbocycles. The van der Waals surface area contributed by atoms with Crippen LogP contribution in [-0.2, 0) is 6.54 Å². The smallest absolute Gasteiger partial charge is 0.0470 e. The maximum atomic E-state index is 6.10. The lowest BCUT2D eigenvalue weighted by Crippen LogP contribution is -2.01. The van der Waals surface area contributed by atoms with Crippen molar-refractivity contribution in [1.29, 1.82) is 0 Å². The van der Waals surface area contributed by atoms with Gasteiger partial charge in [-0.1, -0.05) is 47.5 Å². The van der Waals surface area contributed by atoms with Gasteiger partial charge in [-0.3, -0.25) is 0 Å². The maximum absolute atomic E-state index is 6.10. The Balaban J connectivity index is 2.10. The van der Waals surface area contributed by atoms with Crippen molar-refractivity contribution in [3.8, 4) is 0 Å². The zero-order chi connectivity index (χ0) is 12.3. The molecule has 2 aromatic carbocycles. The topological polar surface area (TPSA) is 12.0 Å². The van der Waals surface area contributed by atoms with Gasteiger partial charge >= 0.3 is 0 Å². The Morgan fingerprint density at radius 1 is 1.06 bits per heavy atom. The number of hydrogen-bond donors (Lipinski definition) is 1. The zero-order valence-electron chi connectivity index (χ0n) is 9.21. The lowest BCUT2D eigenvalue weighted by molar-refractivity contribution is 1.15. The first-order valence-electron chi connectivity index (χ1n) is 5.25. The van der Waals surface area contributed by atoms with Gasteiger partial charge in [0, 0.05) is 22.3 Å². The Kier molecular flexibility index (Phi) is 3.93. The van der Waals surface area contributed by atoms with Crippen LogP contribution < -0.4 is 5.32 Å². The van der Waals surface area contributed by atoms with Crippen LogP contribution in [0, 0.1) is 6.92 Å². The first kappa shape index (κ1) is 12.3. The molecule has 2 aromatic rings. The highest BCUT2D eigenvalue weighted by atomic mass is 35.5. The van der Waals surface area contributed by atoms with E-state index < -0.39 is 0 Å². The van der Waals surface area contributed by atoms with Crippen LogP contribution in [0.4, 0.5) is 5.69 Å². The van der Waals surface area contributed by atoms with Crippen molar-refractivity contribution in [2.24, 2.45) is 0 Å². The molecule has 0 amide bonds. The summed E-state index contributed by atoms with van der Waals surface area (Å²) >= 11 is 11.9. The Morgan fingerprint density at radius 3 is 2.53 bits per heavy atom. The van der Waals surface area contributed by atoms with E-state index in [0.29, 0.717) is 16.6 Å². The largest absolute Gasteiger partial charge is 0.381 e. The third-order valence-corrected chi connectivity index (χ3v) is 3.09. The molecule has 0 aliphatic heterocycles. The summed E-state index contributed by atoms with van der Waals surface area (Å²) in [5.74, 6) is 0. The van der Waals surface area contributed by atoms with Gasteiger partial charge in [-0.25, -0.2) is 0 Å². The molecule has 0 bridgehead atoms. The maximum Gasteiger partial charge on any atom is 0.0470 e. The predicted octanol–water partition coefficient (Wildman–Crippen LogP) is 4.79. The second kappa shape index (κ2) is 5.44. The van der Waals surface area contributed by atoms with Gasteiger partial charge in [0.25, 0.3) is 0 Å². The molecule has 1 radical (unpaired) electrons. The van der Waals surface area contributed by atoms with Gasteiger partial charge in [-0.05, 0) is 36.2 Å². The van der Waals surface area contributed by atoms with E-state index in [1.54, 1.807) is 6.07 Å². The summed E-state index contributed by atoms with van der Waals surface area (Å²) in [4.78, 5) is 0. The lowest BCUT2D eigenvalue weighted by Gasteiger charge is -2.10. The van der Waals surface area contributed by atoms with Crippen molar-refractivity contribution in [2.75, 3.05) is 5.32 Å². The summed E-state index contributed by atoms with van der Waals surface area (Å²) in [7, 11) is 0. The van der Waals surface area contributed by atoms with E-state index in [9.17, 15) is 0 Å². The molecule has 0 spiro atoms. The standard InChI is InChI=1S/C14H12Cl2N/c1-10-4-2-3-5-14(10)17-9-11-6-7-12(15)8-13(11)16/h2-8,17H,1,9H2. The molecule has 2 rings (SSSR count). The first-order valence-corrected chi connectivity index (χ1v) is 6.01. The van der Waals surface area contributed by atoms with E-state index in [-0.39, 0.29) is 0 Å². The Morgan fingerprint density at radius 2 is 1.82 bits per heavy atom. The van der Waals surface area contributed by atoms with Crippen LogP contribution >= 0.6 is 23.2 Å². The second-order valence-electron chi connectivity index (χ2n) is 3.75. The van der Waals surface area contributed by atoms with Crippen molar-refractivity contribution >= 4 is 28.9 Å². The number of para-hydroxylation sites is 1. The Bertz CT molecular complexity index is 523. The fourth-order valence-corrected chi connectivity index (χ4v) is 2.02.